The van der Waals surface area contributed by atoms with Crippen LogP contribution in [0.3, 0.4) is 0 Å². The molecule has 12 heteroatoms. The lowest BCUT2D eigenvalue weighted by molar-refractivity contribution is -0.144. The summed E-state index contributed by atoms with van der Waals surface area (Å²) in [6, 6.07) is 8.09. The highest BCUT2D eigenvalue weighted by molar-refractivity contribution is 6.01. The van der Waals surface area contributed by atoms with E-state index in [1.165, 1.54) is 36.4 Å². The molecule has 3 N–H and O–H groups in total. The molecule has 1 unspecified atom stereocenters. The Bertz CT molecular complexity index is 1150. The van der Waals surface area contributed by atoms with Crippen molar-refractivity contribution in [2.24, 2.45) is 5.73 Å². The fourth-order valence-corrected chi connectivity index (χ4v) is 3.61. The predicted octanol–water partition coefficient (Wildman–Crippen LogP) is 1.77. The van der Waals surface area contributed by atoms with Crippen molar-refractivity contribution in [1.29, 1.82) is 0 Å². The zero-order valence-electron chi connectivity index (χ0n) is 18.6. The van der Waals surface area contributed by atoms with Crippen molar-refractivity contribution in [3.63, 3.8) is 0 Å². The van der Waals surface area contributed by atoms with Crippen molar-refractivity contribution in [2.45, 2.75) is 31.7 Å². The second-order valence-corrected chi connectivity index (χ2v) is 7.67. The highest BCUT2D eigenvalue weighted by Gasteiger charge is 2.37. The highest BCUT2D eigenvalue weighted by atomic mass is 19.4. The van der Waals surface area contributed by atoms with E-state index in [-0.39, 0.29) is 30.0 Å². The summed E-state index contributed by atoms with van der Waals surface area (Å²) in [5.74, 6) is -2.48. The number of ether oxygens (including phenoxy) is 2. The quantitative estimate of drug-likeness (QED) is 0.513. The maximum atomic E-state index is 13.1. The summed E-state index contributed by atoms with van der Waals surface area (Å²) >= 11 is 0. The molecule has 0 saturated heterocycles. The number of alkyl halides is 3. The standard InChI is InChI=1S/C23H22F3N3O6/c1-34-20(31)9-18(21(27)32)29-11-14-8-15(6-7-16(14)22(29)33)35-12-19(30)28-10-13-4-2-3-5-17(13)23(24,25)26/h2-8,18H,9-12H2,1H3,(H2,27,32)(H,28,30). The van der Waals surface area contributed by atoms with E-state index in [9.17, 15) is 32.3 Å². The Morgan fingerprint density at radius 3 is 2.54 bits per heavy atom. The maximum absolute atomic E-state index is 13.1. The van der Waals surface area contributed by atoms with Crippen LogP contribution in [0.4, 0.5) is 13.2 Å². The molecule has 2 aromatic rings. The maximum Gasteiger partial charge on any atom is 0.416 e. The third-order valence-electron chi connectivity index (χ3n) is 5.37. The van der Waals surface area contributed by atoms with Crippen LogP contribution in [-0.4, -0.2) is 48.3 Å². The van der Waals surface area contributed by atoms with Crippen LogP contribution in [0, 0.1) is 0 Å². The summed E-state index contributed by atoms with van der Waals surface area (Å²) in [4.78, 5) is 49.4. The van der Waals surface area contributed by atoms with Gasteiger partial charge in [-0.25, -0.2) is 0 Å². The lowest BCUT2D eigenvalue weighted by Gasteiger charge is -2.24. The van der Waals surface area contributed by atoms with Crippen LogP contribution in [0.1, 0.15) is 33.5 Å². The van der Waals surface area contributed by atoms with Crippen LogP contribution in [0.5, 0.6) is 5.75 Å². The topological polar surface area (TPSA) is 128 Å². The van der Waals surface area contributed by atoms with Gasteiger partial charge in [0.25, 0.3) is 11.8 Å². The number of fused-ring (bicyclic) bond motifs is 1. The molecule has 0 bridgehead atoms. The number of halogens is 3. The van der Waals surface area contributed by atoms with Gasteiger partial charge in [-0.15, -0.1) is 0 Å². The molecule has 2 aromatic carbocycles. The summed E-state index contributed by atoms with van der Waals surface area (Å²) in [5, 5.41) is 2.38. The first-order valence-corrected chi connectivity index (χ1v) is 10.4. The molecule has 0 saturated carbocycles. The molecule has 1 aliphatic rings. The van der Waals surface area contributed by atoms with Crippen LogP contribution in [0.25, 0.3) is 0 Å². The van der Waals surface area contributed by atoms with Crippen LogP contribution in [-0.2, 0) is 38.4 Å². The summed E-state index contributed by atoms with van der Waals surface area (Å²) in [7, 11) is 1.15. The number of esters is 1. The Labute approximate surface area is 198 Å². The van der Waals surface area contributed by atoms with E-state index in [0.717, 1.165) is 18.1 Å². The normalized spacial score (nSPS) is 13.7. The van der Waals surface area contributed by atoms with Gasteiger partial charge in [0.05, 0.1) is 19.1 Å². The van der Waals surface area contributed by atoms with Crippen molar-refractivity contribution >= 4 is 23.7 Å². The minimum Gasteiger partial charge on any atom is -0.484 e. The Morgan fingerprint density at radius 1 is 1.17 bits per heavy atom. The molecule has 9 nitrogen and oxygen atoms in total. The molecule has 0 spiro atoms. The molecular formula is C23H22F3N3O6. The van der Waals surface area contributed by atoms with E-state index < -0.39 is 54.5 Å². The van der Waals surface area contributed by atoms with Gasteiger partial charge in [0.15, 0.2) is 6.61 Å². The lowest BCUT2D eigenvalue weighted by Crippen LogP contribution is -2.46. The number of amides is 3. The monoisotopic (exact) mass is 493 g/mol. The number of nitrogens with two attached hydrogens (primary N) is 1. The van der Waals surface area contributed by atoms with Crippen LogP contribution >= 0.6 is 0 Å². The molecule has 1 aliphatic heterocycles. The van der Waals surface area contributed by atoms with E-state index >= 15 is 0 Å². The third kappa shape index (κ3) is 6.08. The SMILES string of the molecule is COC(=O)CC(C(N)=O)N1Cc2cc(OCC(=O)NCc3ccccc3C(F)(F)F)ccc2C1=O. The van der Waals surface area contributed by atoms with Gasteiger partial charge in [-0.3, -0.25) is 19.2 Å². The number of rotatable bonds is 9. The second-order valence-electron chi connectivity index (χ2n) is 7.67. The fraction of sp³-hybridized carbons (Fsp3) is 0.304. The van der Waals surface area contributed by atoms with Crippen molar-refractivity contribution in [3.05, 3.63) is 64.7 Å². The molecule has 0 aromatic heterocycles. The molecule has 0 aliphatic carbocycles. The molecular weight excluding hydrogens is 471 g/mol. The molecule has 1 heterocycles. The summed E-state index contributed by atoms with van der Waals surface area (Å²) in [6.45, 7) is -0.826. The van der Waals surface area contributed by atoms with E-state index in [4.69, 9.17) is 10.5 Å². The van der Waals surface area contributed by atoms with E-state index in [0.29, 0.717) is 5.56 Å². The van der Waals surface area contributed by atoms with E-state index in [1.54, 1.807) is 0 Å². The second kappa shape index (κ2) is 10.5. The van der Waals surface area contributed by atoms with Gasteiger partial charge in [0.2, 0.25) is 5.91 Å². The number of nitrogens with zero attached hydrogens (tertiary/aromatic N) is 1. The first-order chi connectivity index (χ1) is 16.5. The van der Waals surface area contributed by atoms with Crippen LogP contribution in [0.15, 0.2) is 42.5 Å². The summed E-state index contributed by atoms with van der Waals surface area (Å²) in [5.41, 5.74) is 5.21. The number of nitrogens with one attached hydrogen (secondary N) is 1. The van der Waals surface area contributed by atoms with Gasteiger partial charge in [0, 0.05) is 18.7 Å². The Hall–Kier alpha value is -4.09. The number of benzene rings is 2. The van der Waals surface area contributed by atoms with Crippen molar-refractivity contribution in [3.8, 4) is 5.75 Å². The minimum atomic E-state index is -4.54. The van der Waals surface area contributed by atoms with Crippen LogP contribution < -0.4 is 15.8 Å². The van der Waals surface area contributed by atoms with E-state index in [2.05, 4.69) is 10.1 Å². The number of hydrogen-bond donors (Lipinski definition) is 2. The first kappa shape index (κ1) is 25.5. The lowest BCUT2D eigenvalue weighted by atomic mass is 10.1. The molecule has 0 radical (unpaired) electrons. The van der Waals surface area contributed by atoms with Gasteiger partial charge in [-0.2, -0.15) is 13.2 Å². The molecule has 1 atom stereocenters. The third-order valence-corrected chi connectivity index (χ3v) is 5.37. The Morgan fingerprint density at radius 2 is 1.89 bits per heavy atom. The average Bonchev–Trinajstić information content (AvgIpc) is 3.14. The van der Waals surface area contributed by atoms with Gasteiger partial charge in [-0.1, -0.05) is 18.2 Å². The molecule has 186 valence electrons. The Balaban J connectivity index is 1.60. The summed E-state index contributed by atoms with van der Waals surface area (Å²) < 4.78 is 49.2. The van der Waals surface area contributed by atoms with Gasteiger partial charge < -0.3 is 25.4 Å². The van der Waals surface area contributed by atoms with E-state index in [1.807, 2.05) is 0 Å². The van der Waals surface area contributed by atoms with Crippen molar-refractivity contribution in [1.82, 2.24) is 10.2 Å². The number of carbonyl (C=O) groups excluding carboxylic acids is 4. The zero-order valence-corrected chi connectivity index (χ0v) is 18.6. The Kier molecular flexibility index (Phi) is 7.62. The summed E-state index contributed by atoms with van der Waals surface area (Å²) in [6.07, 6.45) is -4.94. The average molecular weight is 493 g/mol. The first-order valence-electron chi connectivity index (χ1n) is 10.4. The van der Waals surface area contributed by atoms with Gasteiger partial charge in [-0.05, 0) is 35.4 Å². The molecule has 3 rings (SSSR count). The van der Waals surface area contributed by atoms with Gasteiger partial charge in [0.1, 0.15) is 11.8 Å². The van der Waals surface area contributed by atoms with Crippen molar-refractivity contribution in [2.75, 3.05) is 13.7 Å². The molecule has 35 heavy (non-hydrogen) atoms. The van der Waals surface area contributed by atoms with Crippen molar-refractivity contribution < 1.29 is 41.8 Å². The smallest absolute Gasteiger partial charge is 0.416 e. The van der Waals surface area contributed by atoms with Gasteiger partial charge >= 0.3 is 12.1 Å². The molecule has 0 fully saturated rings. The number of primary amides is 1. The molecule has 3 amide bonds. The predicted molar refractivity (Wildman–Crippen MR) is 115 cm³/mol. The largest absolute Gasteiger partial charge is 0.484 e. The number of methoxy groups -OCH3 is 1. The number of carbonyl (C=O) groups is 4. The number of hydrogen-bond acceptors (Lipinski definition) is 6. The zero-order chi connectivity index (χ0) is 25.8. The van der Waals surface area contributed by atoms with Crippen LogP contribution in [0.2, 0.25) is 0 Å². The highest BCUT2D eigenvalue weighted by Crippen LogP contribution is 2.32. The minimum absolute atomic E-state index is 0.0175. The fourth-order valence-electron chi connectivity index (χ4n) is 3.61.